The summed E-state index contributed by atoms with van der Waals surface area (Å²) < 4.78 is 0. The van der Waals surface area contributed by atoms with Crippen molar-refractivity contribution in [2.24, 2.45) is 0 Å². The Morgan fingerprint density at radius 1 is 1.44 bits per heavy atom. The highest BCUT2D eigenvalue weighted by Crippen LogP contribution is 2.19. The van der Waals surface area contributed by atoms with Gasteiger partial charge in [-0.25, -0.2) is 0 Å². The summed E-state index contributed by atoms with van der Waals surface area (Å²) in [5.74, 6) is 0. The Hall–Kier alpha value is -0.970. The van der Waals surface area contributed by atoms with Gasteiger partial charge >= 0.3 is 0 Å². The quantitative estimate of drug-likeness (QED) is 0.772. The van der Waals surface area contributed by atoms with Crippen LogP contribution in [-0.2, 0) is 0 Å². The molecule has 0 saturated carbocycles. The minimum atomic E-state index is 0.0928. The van der Waals surface area contributed by atoms with Crippen LogP contribution in [0.2, 0.25) is 0 Å². The fourth-order valence-electron chi connectivity index (χ4n) is 2.10. The van der Waals surface area contributed by atoms with Gasteiger partial charge in [-0.1, -0.05) is 6.07 Å². The van der Waals surface area contributed by atoms with Crippen LogP contribution in [0.15, 0.2) is 18.3 Å². The lowest BCUT2D eigenvalue weighted by Crippen LogP contribution is -2.46. The maximum absolute atomic E-state index is 9.51. The Kier molecular flexibility index (Phi) is 3.88. The highest BCUT2D eigenvalue weighted by atomic mass is 16.3. The molecular weight excluding hydrogens is 202 g/mol. The van der Waals surface area contributed by atoms with Gasteiger partial charge in [0.25, 0.3) is 0 Å². The summed E-state index contributed by atoms with van der Waals surface area (Å²) >= 11 is 0. The van der Waals surface area contributed by atoms with Crippen LogP contribution in [0.4, 0.5) is 0 Å². The van der Waals surface area contributed by atoms with Crippen molar-refractivity contribution in [3.63, 3.8) is 0 Å². The molecule has 0 bridgehead atoms. The molecule has 0 spiro atoms. The molecule has 2 heterocycles. The number of piperazine rings is 1. The number of aromatic nitrogens is 1. The zero-order valence-electron chi connectivity index (χ0n) is 9.69. The zero-order valence-corrected chi connectivity index (χ0v) is 9.69. The lowest BCUT2D eigenvalue weighted by molar-refractivity contribution is 0.110. The van der Waals surface area contributed by atoms with Crippen LogP contribution in [0.1, 0.15) is 17.3 Å². The smallest absolute Gasteiger partial charge is 0.0629 e. The minimum absolute atomic E-state index is 0.0928. The van der Waals surface area contributed by atoms with Crippen molar-refractivity contribution in [2.45, 2.75) is 13.0 Å². The summed E-state index contributed by atoms with van der Waals surface area (Å²) in [6.07, 6.45) is 1.87. The third kappa shape index (κ3) is 2.58. The van der Waals surface area contributed by atoms with Gasteiger partial charge in [-0.05, 0) is 18.6 Å². The average Bonchev–Trinajstić information content (AvgIpc) is 2.34. The van der Waals surface area contributed by atoms with Crippen molar-refractivity contribution in [2.75, 3.05) is 32.8 Å². The van der Waals surface area contributed by atoms with Crippen molar-refractivity contribution in [1.29, 1.82) is 0 Å². The number of pyridine rings is 1. The Balaban J connectivity index is 2.11. The Bertz CT molecular complexity index is 320. The van der Waals surface area contributed by atoms with E-state index in [0.29, 0.717) is 0 Å². The largest absolute Gasteiger partial charge is 0.394 e. The standard InChI is InChI=1S/C12H19N3O/c1-10-2-3-11(8-14-10)12(9-16)15-6-4-13-5-7-15/h2-3,8,12-13,16H,4-7,9H2,1H3. The number of nitrogens with zero attached hydrogens (tertiary/aromatic N) is 2. The first-order valence-electron chi connectivity index (χ1n) is 5.79. The van der Waals surface area contributed by atoms with Gasteiger partial charge in [0, 0.05) is 38.1 Å². The van der Waals surface area contributed by atoms with Crippen molar-refractivity contribution in [1.82, 2.24) is 15.2 Å². The lowest BCUT2D eigenvalue weighted by atomic mass is 10.1. The van der Waals surface area contributed by atoms with Gasteiger partial charge in [0.15, 0.2) is 0 Å². The molecule has 16 heavy (non-hydrogen) atoms. The number of aliphatic hydroxyl groups is 1. The molecule has 4 heteroatoms. The second-order valence-electron chi connectivity index (χ2n) is 4.22. The number of nitrogens with one attached hydrogen (secondary N) is 1. The number of aliphatic hydroxyl groups excluding tert-OH is 1. The summed E-state index contributed by atoms with van der Waals surface area (Å²) in [5.41, 5.74) is 2.12. The second kappa shape index (κ2) is 5.39. The molecule has 88 valence electrons. The van der Waals surface area contributed by atoms with Crippen LogP contribution in [0.3, 0.4) is 0 Å². The van der Waals surface area contributed by atoms with E-state index in [2.05, 4.69) is 21.3 Å². The molecule has 2 rings (SSSR count). The van der Waals surface area contributed by atoms with Crippen molar-refractivity contribution >= 4 is 0 Å². The van der Waals surface area contributed by atoms with Crippen LogP contribution in [0, 0.1) is 6.92 Å². The molecule has 1 aliphatic heterocycles. The highest BCUT2D eigenvalue weighted by Gasteiger charge is 2.21. The van der Waals surface area contributed by atoms with E-state index in [1.165, 1.54) is 0 Å². The van der Waals surface area contributed by atoms with E-state index < -0.39 is 0 Å². The molecule has 1 aromatic heterocycles. The van der Waals surface area contributed by atoms with Crippen LogP contribution < -0.4 is 5.32 Å². The third-order valence-corrected chi connectivity index (χ3v) is 3.08. The highest BCUT2D eigenvalue weighted by molar-refractivity contribution is 5.17. The zero-order chi connectivity index (χ0) is 11.4. The molecule has 1 aromatic rings. The fourth-order valence-corrected chi connectivity index (χ4v) is 2.10. The second-order valence-corrected chi connectivity index (χ2v) is 4.22. The number of hydrogen-bond donors (Lipinski definition) is 2. The predicted octanol–water partition coefficient (Wildman–Crippen LogP) is 0.329. The molecule has 0 radical (unpaired) electrons. The predicted molar refractivity (Wildman–Crippen MR) is 63.2 cm³/mol. The maximum Gasteiger partial charge on any atom is 0.0629 e. The molecule has 0 aromatic carbocycles. The van der Waals surface area contributed by atoms with Gasteiger partial charge in [-0.15, -0.1) is 0 Å². The van der Waals surface area contributed by atoms with E-state index in [1.54, 1.807) is 0 Å². The van der Waals surface area contributed by atoms with Crippen molar-refractivity contribution in [3.05, 3.63) is 29.6 Å². The van der Waals surface area contributed by atoms with Crippen molar-refractivity contribution < 1.29 is 5.11 Å². The SMILES string of the molecule is Cc1ccc(C(CO)N2CCNCC2)cn1. The summed E-state index contributed by atoms with van der Waals surface area (Å²) in [5, 5.41) is 12.8. The Morgan fingerprint density at radius 3 is 2.75 bits per heavy atom. The van der Waals surface area contributed by atoms with Crippen molar-refractivity contribution in [3.8, 4) is 0 Å². The summed E-state index contributed by atoms with van der Waals surface area (Å²) in [6.45, 7) is 6.09. The van der Waals surface area contributed by atoms with Crippen LogP contribution in [0.25, 0.3) is 0 Å². The number of aryl methyl sites for hydroxylation is 1. The van der Waals surface area contributed by atoms with Crippen LogP contribution in [0.5, 0.6) is 0 Å². The normalized spacial score (nSPS) is 19.6. The van der Waals surface area contributed by atoms with E-state index in [1.807, 2.05) is 19.2 Å². The fraction of sp³-hybridized carbons (Fsp3) is 0.583. The molecule has 1 unspecified atom stereocenters. The van der Waals surface area contributed by atoms with Crippen LogP contribution >= 0.6 is 0 Å². The molecule has 0 aliphatic carbocycles. The van der Waals surface area contributed by atoms with Gasteiger partial charge in [0.1, 0.15) is 0 Å². The van der Waals surface area contributed by atoms with E-state index in [9.17, 15) is 5.11 Å². The van der Waals surface area contributed by atoms with Crippen LogP contribution in [-0.4, -0.2) is 47.8 Å². The Labute approximate surface area is 96.3 Å². The van der Waals surface area contributed by atoms with Gasteiger partial charge in [-0.3, -0.25) is 9.88 Å². The molecule has 4 nitrogen and oxygen atoms in total. The van der Waals surface area contributed by atoms with E-state index >= 15 is 0 Å². The van der Waals surface area contributed by atoms with E-state index in [-0.39, 0.29) is 12.6 Å². The molecule has 1 saturated heterocycles. The molecule has 1 atom stereocenters. The minimum Gasteiger partial charge on any atom is -0.394 e. The number of rotatable bonds is 3. The molecule has 1 aliphatic rings. The maximum atomic E-state index is 9.51. The molecule has 0 amide bonds. The van der Waals surface area contributed by atoms with Gasteiger partial charge in [0.05, 0.1) is 12.6 Å². The Morgan fingerprint density at radius 2 is 2.19 bits per heavy atom. The summed E-state index contributed by atoms with van der Waals surface area (Å²) in [6, 6.07) is 4.15. The molecule has 2 N–H and O–H groups in total. The topological polar surface area (TPSA) is 48.4 Å². The summed E-state index contributed by atoms with van der Waals surface area (Å²) in [4.78, 5) is 6.60. The van der Waals surface area contributed by atoms with Gasteiger partial charge in [-0.2, -0.15) is 0 Å². The first-order valence-corrected chi connectivity index (χ1v) is 5.79. The van der Waals surface area contributed by atoms with Gasteiger partial charge < -0.3 is 10.4 Å². The van der Waals surface area contributed by atoms with E-state index in [4.69, 9.17) is 0 Å². The third-order valence-electron chi connectivity index (χ3n) is 3.08. The first-order chi connectivity index (χ1) is 7.81. The first kappa shape index (κ1) is 11.5. The van der Waals surface area contributed by atoms with E-state index in [0.717, 1.165) is 37.4 Å². The average molecular weight is 221 g/mol. The summed E-state index contributed by atoms with van der Waals surface area (Å²) in [7, 11) is 0. The lowest BCUT2D eigenvalue weighted by Gasteiger charge is -2.33. The number of hydrogen-bond acceptors (Lipinski definition) is 4. The van der Waals surface area contributed by atoms with Gasteiger partial charge in [0.2, 0.25) is 0 Å². The molecular formula is C12H19N3O. The monoisotopic (exact) mass is 221 g/mol. The molecule has 1 fully saturated rings.